The van der Waals surface area contributed by atoms with Crippen molar-refractivity contribution in [3.05, 3.63) is 15.6 Å². The molecule has 0 aromatic carbocycles. The smallest absolute Gasteiger partial charge is 0.0900 e. The molecule has 0 saturated carbocycles. The monoisotopic (exact) mass is 307 g/mol. The zero-order valence-electron chi connectivity index (χ0n) is 13.9. The van der Waals surface area contributed by atoms with E-state index in [0.717, 1.165) is 24.7 Å². The molecule has 4 heteroatoms. The van der Waals surface area contributed by atoms with Crippen LogP contribution in [0.25, 0.3) is 0 Å². The highest BCUT2D eigenvalue weighted by molar-refractivity contribution is 7.11. The summed E-state index contributed by atoms with van der Waals surface area (Å²) in [6.45, 7) is 10.0. The third kappa shape index (κ3) is 3.03. The Balaban J connectivity index is 1.80. The summed E-state index contributed by atoms with van der Waals surface area (Å²) < 4.78 is 0. The second kappa shape index (κ2) is 6.35. The summed E-state index contributed by atoms with van der Waals surface area (Å²) in [6.07, 6.45) is 6.81. The van der Waals surface area contributed by atoms with E-state index < -0.39 is 0 Å². The van der Waals surface area contributed by atoms with Gasteiger partial charge >= 0.3 is 0 Å². The van der Waals surface area contributed by atoms with E-state index in [1.807, 2.05) is 11.3 Å². The molecule has 0 spiro atoms. The molecule has 3 rings (SSSR count). The Morgan fingerprint density at radius 2 is 1.95 bits per heavy atom. The van der Waals surface area contributed by atoms with Crippen LogP contribution in [0.5, 0.6) is 0 Å². The maximum Gasteiger partial charge on any atom is 0.0900 e. The summed E-state index contributed by atoms with van der Waals surface area (Å²) in [5.74, 6) is 0. The molecule has 3 atom stereocenters. The van der Waals surface area contributed by atoms with Gasteiger partial charge in [0.05, 0.1) is 10.7 Å². The Kier molecular flexibility index (Phi) is 4.67. The normalized spacial score (nSPS) is 31.3. The lowest BCUT2D eigenvalue weighted by Crippen LogP contribution is -2.56. The molecule has 1 aromatic rings. The maximum absolute atomic E-state index is 4.64. The number of fused-ring (bicyclic) bond motifs is 2. The van der Waals surface area contributed by atoms with E-state index in [0.29, 0.717) is 6.04 Å². The molecule has 1 N–H and O–H groups in total. The minimum absolute atomic E-state index is 0.536. The molecule has 2 saturated heterocycles. The van der Waals surface area contributed by atoms with Gasteiger partial charge in [-0.05, 0) is 53.0 Å². The lowest BCUT2D eigenvalue weighted by Gasteiger charge is -2.51. The van der Waals surface area contributed by atoms with Crippen LogP contribution in [-0.4, -0.2) is 34.6 Å². The van der Waals surface area contributed by atoms with Crippen LogP contribution in [0.1, 0.15) is 67.6 Å². The molecule has 0 aliphatic carbocycles. The third-order valence-corrected chi connectivity index (χ3v) is 6.53. The van der Waals surface area contributed by atoms with Crippen molar-refractivity contribution in [3.8, 4) is 0 Å². The number of piperidine rings is 2. The first kappa shape index (κ1) is 15.4. The van der Waals surface area contributed by atoms with Gasteiger partial charge in [0.1, 0.15) is 0 Å². The van der Waals surface area contributed by atoms with Gasteiger partial charge in [-0.1, -0.05) is 13.3 Å². The average molecular weight is 308 g/mol. The highest BCUT2D eigenvalue weighted by Gasteiger charge is 2.41. The van der Waals surface area contributed by atoms with E-state index in [4.69, 9.17) is 0 Å². The van der Waals surface area contributed by atoms with E-state index in [9.17, 15) is 0 Å². The predicted molar refractivity (Wildman–Crippen MR) is 90.0 cm³/mol. The summed E-state index contributed by atoms with van der Waals surface area (Å²) in [7, 11) is 0. The first-order chi connectivity index (χ1) is 10.1. The number of nitrogens with one attached hydrogen (secondary N) is 1. The summed E-state index contributed by atoms with van der Waals surface area (Å²) in [4.78, 5) is 8.97. The first-order valence-electron chi connectivity index (χ1n) is 8.54. The molecular formula is C17H29N3S. The van der Waals surface area contributed by atoms with Gasteiger partial charge in [-0.2, -0.15) is 0 Å². The lowest BCUT2D eigenvalue weighted by molar-refractivity contribution is -0.00518. The van der Waals surface area contributed by atoms with Crippen molar-refractivity contribution in [2.75, 3.05) is 6.54 Å². The molecule has 1 aromatic heterocycles. The van der Waals surface area contributed by atoms with Gasteiger partial charge < -0.3 is 5.32 Å². The van der Waals surface area contributed by atoms with Crippen molar-refractivity contribution in [2.45, 2.75) is 84.0 Å². The molecular weight excluding hydrogens is 278 g/mol. The zero-order chi connectivity index (χ0) is 15.0. The van der Waals surface area contributed by atoms with E-state index in [1.54, 1.807) is 0 Å². The number of aryl methyl sites for hydroxylation is 2. The summed E-state index contributed by atoms with van der Waals surface area (Å²) in [5.41, 5.74) is 1.25. The summed E-state index contributed by atoms with van der Waals surface area (Å²) in [5, 5.41) is 4.90. The molecule has 3 heterocycles. The number of hydrogen-bond acceptors (Lipinski definition) is 4. The standard InChI is InChI=1S/C17H29N3S/c1-5-18-14-9-15-7-6-8-16(10-14)20(15)12(3)17-11(2)19-13(4)21-17/h12,14-16,18H,5-10H2,1-4H3. The van der Waals surface area contributed by atoms with Gasteiger partial charge in [-0.15, -0.1) is 11.3 Å². The van der Waals surface area contributed by atoms with Gasteiger partial charge in [0.25, 0.3) is 0 Å². The minimum atomic E-state index is 0.536. The number of aromatic nitrogens is 1. The number of hydrogen-bond donors (Lipinski definition) is 1. The Bertz CT molecular complexity index is 470. The fourth-order valence-electron chi connectivity index (χ4n) is 4.58. The van der Waals surface area contributed by atoms with Crippen LogP contribution in [0.2, 0.25) is 0 Å². The largest absolute Gasteiger partial charge is 0.314 e. The number of nitrogens with zero attached hydrogens (tertiary/aromatic N) is 2. The van der Waals surface area contributed by atoms with Crippen LogP contribution < -0.4 is 5.32 Å². The second-order valence-electron chi connectivity index (χ2n) is 6.77. The lowest BCUT2D eigenvalue weighted by atomic mass is 9.80. The van der Waals surface area contributed by atoms with Crippen molar-refractivity contribution in [1.82, 2.24) is 15.2 Å². The molecule has 2 aliphatic rings. The zero-order valence-corrected chi connectivity index (χ0v) is 14.7. The predicted octanol–water partition coefficient (Wildman–Crippen LogP) is 3.82. The molecule has 21 heavy (non-hydrogen) atoms. The fourth-order valence-corrected chi connectivity index (χ4v) is 5.56. The van der Waals surface area contributed by atoms with Crippen molar-refractivity contribution >= 4 is 11.3 Å². The van der Waals surface area contributed by atoms with Gasteiger partial charge in [-0.25, -0.2) is 4.98 Å². The van der Waals surface area contributed by atoms with Crippen molar-refractivity contribution < 1.29 is 0 Å². The molecule has 2 fully saturated rings. The summed E-state index contributed by atoms with van der Waals surface area (Å²) >= 11 is 1.90. The van der Waals surface area contributed by atoms with Crippen LogP contribution in [0.15, 0.2) is 0 Å². The molecule has 118 valence electrons. The quantitative estimate of drug-likeness (QED) is 0.916. The molecule has 0 radical (unpaired) electrons. The third-order valence-electron chi connectivity index (χ3n) is 5.29. The van der Waals surface area contributed by atoms with Crippen LogP contribution in [-0.2, 0) is 0 Å². The number of rotatable bonds is 4. The van der Waals surface area contributed by atoms with Gasteiger partial charge in [0, 0.05) is 29.0 Å². The Labute approximate surface area is 133 Å². The first-order valence-corrected chi connectivity index (χ1v) is 9.36. The highest BCUT2D eigenvalue weighted by Crippen LogP contribution is 2.41. The Morgan fingerprint density at radius 3 is 2.48 bits per heavy atom. The number of thiazole rings is 1. The average Bonchev–Trinajstić information content (AvgIpc) is 2.76. The minimum Gasteiger partial charge on any atom is -0.314 e. The molecule has 3 nitrogen and oxygen atoms in total. The van der Waals surface area contributed by atoms with E-state index in [-0.39, 0.29) is 0 Å². The van der Waals surface area contributed by atoms with E-state index in [2.05, 4.69) is 42.9 Å². The van der Waals surface area contributed by atoms with Crippen LogP contribution in [0.4, 0.5) is 0 Å². The van der Waals surface area contributed by atoms with E-state index in [1.165, 1.54) is 47.7 Å². The summed E-state index contributed by atoms with van der Waals surface area (Å²) in [6, 6.07) is 2.80. The second-order valence-corrected chi connectivity index (χ2v) is 8.01. The van der Waals surface area contributed by atoms with Gasteiger partial charge in [-0.3, -0.25) is 4.90 Å². The van der Waals surface area contributed by atoms with Crippen LogP contribution in [0, 0.1) is 13.8 Å². The van der Waals surface area contributed by atoms with Gasteiger partial charge in [0.2, 0.25) is 0 Å². The van der Waals surface area contributed by atoms with Gasteiger partial charge in [0.15, 0.2) is 0 Å². The molecule has 0 amide bonds. The molecule has 2 bridgehead atoms. The fraction of sp³-hybridized carbons (Fsp3) is 0.824. The van der Waals surface area contributed by atoms with Crippen molar-refractivity contribution in [1.29, 1.82) is 0 Å². The topological polar surface area (TPSA) is 28.2 Å². The Morgan fingerprint density at radius 1 is 1.29 bits per heavy atom. The maximum atomic E-state index is 4.64. The van der Waals surface area contributed by atoms with Crippen LogP contribution in [0.3, 0.4) is 0 Å². The van der Waals surface area contributed by atoms with Crippen LogP contribution >= 0.6 is 11.3 Å². The van der Waals surface area contributed by atoms with E-state index >= 15 is 0 Å². The molecule has 3 unspecified atom stereocenters. The van der Waals surface area contributed by atoms with Crippen molar-refractivity contribution in [2.24, 2.45) is 0 Å². The highest BCUT2D eigenvalue weighted by atomic mass is 32.1. The molecule has 2 aliphatic heterocycles. The van der Waals surface area contributed by atoms with Crippen molar-refractivity contribution in [3.63, 3.8) is 0 Å². The Hall–Kier alpha value is -0.450. The SMILES string of the molecule is CCNC1CC2CCCC(C1)N2C(C)c1sc(C)nc1C.